The van der Waals surface area contributed by atoms with Gasteiger partial charge in [0.2, 0.25) is 11.0 Å². The Kier molecular flexibility index (Phi) is 7.21. The van der Waals surface area contributed by atoms with Crippen molar-refractivity contribution < 1.29 is 9.90 Å². The number of rotatable bonds is 9. The Morgan fingerprint density at radius 3 is 2.71 bits per heavy atom. The number of carbonyl (C=O) groups is 1. The molecule has 0 aliphatic rings. The van der Waals surface area contributed by atoms with E-state index in [0.717, 1.165) is 17.8 Å². The average Bonchev–Trinajstić information content (AvgIpc) is 2.74. The molecule has 0 aromatic carbocycles. The fourth-order valence-corrected chi connectivity index (χ4v) is 2.85. The van der Waals surface area contributed by atoms with Gasteiger partial charge in [0.25, 0.3) is 0 Å². The molecule has 0 saturated carbocycles. The Balaban J connectivity index is 2.37. The normalized spacial score (nSPS) is 11.9. The Morgan fingerprint density at radius 2 is 2.10 bits per heavy atom. The molecule has 0 radical (unpaired) electrons. The molecule has 1 heterocycles. The zero-order chi connectivity index (χ0) is 15.9. The molecular formula is C14H26N4O2S. The quantitative estimate of drug-likeness (QED) is 0.681. The van der Waals surface area contributed by atoms with Crippen LogP contribution < -0.4 is 5.32 Å². The van der Waals surface area contributed by atoms with E-state index in [9.17, 15) is 9.90 Å². The van der Waals surface area contributed by atoms with Crippen molar-refractivity contribution in [2.45, 2.75) is 52.1 Å². The van der Waals surface area contributed by atoms with Crippen molar-refractivity contribution in [1.82, 2.24) is 15.1 Å². The maximum Gasteiger partial charge on any atom is 0.240 e. The monoisotopic (exact) mass is 314 g/mol. The van der Waals surface area contributed by atoms with E-state index in [1.807, 2.05) is 0 Å². The lowest BCUT2D eigenvalue weighted by Gasteiger charge is -2.24. The Bertz CT molecular complexity index is 442. The molecule has 1 aromatic heterocycles. The molecule has 0 bridgehead atoms. The molecule has 2 N–H and O–H groups in total. The minimum absolute atomic E-state index is 0.141. The van der Waals surface area contributed by atoms with Crippen LogP contribution in [0.5, 0.6) is 0 Å². The van der Waals surface area contributed by atoms with Crippen LogP contribution in [0.2, 0.25) is 0 Å². The van der Waals surface area contributed by atoms with Crippen LogP contribution in [0.1, 0.15) is 45.0 Å². The van der Waals surface area contributed by atoms with Crippen LogP contribution in [0.3, 0.4) is 0 Å². The van der Waals surface area contributed by atoms with Crippen LogP contribution in [0.15, 0.2) is 0 Å². The SMILES string of the molecule is CCCCCc1nnc(NC(=O)CN(C)CC(C)(C)O)s1. The highest BCUT2D eigenvalue weighted by atomic mass is 32.1. The number of aryl methyl sites for hydroxylation is 1. The molecule has 0 fully saturated rings. The average molecular weight is 314 g/mol. The van der Waals surface area contributed by atoms with Crippen LogP contribution in [0, 0.1) is 0 Å². The topological polar surface area (TPSA) is 78.4 Å². The summed E-state index contributed by atoms with van der Waals surface area (Å²) in [6.45, 7) is 6.24. The summed E-state index contributed by atoms with van der Waals surface area (Å²) in [4.78, 5) is 13.7. The van der Waals surface area contributed by atoms with Crippen molar-refractivity contribution in [2.75, 3.05) is 25.5 Å². The first-order chi connectivity index (χ1) is 9.80. The van der Waals surface area contributed by atoms with Gasteiger partial charge in [0.1, 0.15) is 5.01 Å². The molecule has 0 atom stereocenters. The number of carbonyl (C=O) groups excluding carboxylic acids is 1. The van der Waals surface area contributed by atoms with Gasteiger partial charge in [-0.3, -0.25) is 15.0 Å². The number of aromatic nitrogens is 2. The zero-order valence-electron chi connectivity index (χ0n) is 13.3. The summed E-state index contributed by atoms with van der Waals surface area (Å²) >= 11 is 1.43. The molecule has 0 saturated heterocycles. The summed E-state index contributed by atoms with van der Waals surface area (Å²) in [5.41, 5.74) is -0.815. The molecule has 0 unspecified atom stereocenters. The number of aliphatic hydroxyl groups is 1. The number of nitrogens with one attached hydrogen (secondary N) is 1. The van der Waals surface area contributed by atoms with Gasteiger partial charge in [0, 0.05) is 13.0 Å². The minimum atomic E-state index is -0.815. The van der Waals surface area contributed by atoms with Crippen molar-refractivity contribution in [3.05, 3.63) is 5.01 Å². The highest BCUT2D eigenvalue weighted by molar-refractivity contribution is 7.15. The Hall–Kier alpha value is -1.05. The fraction of sp³-hybridized carbons (Fsp3) is 0.786. The van der Waals surface area contributed by atoms with Crippen LogP contribution >= 0.6 is 11.3 Å². The van der Waals surface area contributed by atoms with Crippen LogP contribution in [0.25, 0.3) is 0 Å². The molecule has 21 heavy (non-hydrogen) atoms. The van der Waals surface area contributed by atoms with E-state index >= 15 is 0 Å². The van der Waals surface area contributed by atoms with Crippen molar-refractivity contribution >= 4 is 22.4 Å². The molecule has 0 aliphatic carbocycles. The van der Waals surface area contributed by atoms with Crippen LogP contribution in [0.4, 0.5) is 5.13 Å². The molecule has 1 rings (SSSR count). The van der Waals surface area contributed by atoms with Gasteiger partial charge in [-0.2, -0.15) is 0 Å². The lowest BCUT2D eigenvalue weighted by atomic mass is 10.1. The predicted octanol–water partition coefficient (Wildman–Crippen LogP) is 1.91. The smallest absolute Gasteiger partial charge is 0.240 e. The fourth-order valence-electron chi connectivity index (χ4n) is 2.05. The number of hydrogen-bond donors (Lipinski definition) is 2. The molecule has 6 nitrogen and oxygen atoms in total. The second-order valence-electron chi connectivity index (χ2n) is 5.99. The summed E-state index contributed by atoms with van der Waals surface area (Å²) in [7, 11) is 1.80. The van der Waals surface area contributed by atoms with Gasteiger partial charge in [-0.25, -0.2) is 0 Å². The molecular weight excluding hydrogens is 288 g/mol. The Labute approximate surface area is 130 Å². The van der Waals surface area contributed by atoms with E-state index in [1.54, 1.807) is 25.8 Å². The third kappa shape index (κ3) is 8.08. The van der Waals surface area contributed by atoms with E-state index in [2.05, 4.69) is 22.4 Å². The second kappa shape index (κ2) is 8.41. The van der Waals surface area contributed by atoms with Crippen molar-refractivity contribution in [1.29, 1.82) is 0 Å². The third-order valence-electron chi connectivity index (χ3n) is 2.78. The lowest BCUT2D eigenvalue weighted by molar-refractivity contribution is -0.117. The van der Waals surface area contributed by atoms with Crippen molar-refractivity contribution in [3.8, 4) is 0 Å². The van der Waals surface area contributed by atoms with Gasteiger partial charge >= 0.3 is 0 Å². The number of hydrogen-bond acceptors (Lipinski definition) is 6. The number of nitrogens with zero attached hydrogens (tertiary/aromatic N) is 3. The van der Waals surface area contributed by atoms with Gasteiger partial charge in [0.15, 0.2) is 0 Å². The molecule has 0 aliphatic heterocycles. The first-order valence-electron chi connectivity index (χ1n) is 7.33. The van der Waals surface area contributed by atoms with E-state index in [0.29, 0.717) is 11.7 Å². The molecule has 7 heteroatoms. The maximum atomic E-state index is 11.9. The summed E-state index contributed by atoms with van der Waals surface area (Å²) in [6.07, 6.45) is 4.38. The molecule has 1 amide bonds. The highest BCUT2D eigenvalue weighted by Crippen LogP contribution is 2.17. The third-order valence-corrected chi connectivity index (χ3v) is 3.68. The molecule has 0 spiro atoms. The first-order valence-corrected chi connectivity index (χ1v) is 8.15. The predicted molar refractivity (Wildman–Crippen MR) is 85.6 cm³/mol. The number of amides is 1. The zero-order valence-corrected chi connectivity index (χ0v) is 14.2. The number of likely N-dealkylation sites (N-methyl/N-ethyl adjacent to an activating group) is 1. The van der Waals surface area contributed by atoms with E-state index in [1.165, 1.54) is 24.2 Å². The highest BCUT2D eigenvalue weighted by Gasteiger charge is 2.18. The minimum Gasteiger partial charge on any atom is -0.389 e. The Morgan fingerprint density at radius 1 is 1.38 bits per heavy atom. The van der Waals surface area contributed by atoms with Crippen molar-refractivity contribution in [3.63, 3.8) is 0 Å². The molecule has 1 aromatic rings. The maximum absolute atomic E-state index is 11.9. The van der Waals surface area contributed by atoms with E-state index in [4.69, 9.17) is 0 Å². The summed E-state index contributed by atoms with van der Waals surface area (Å²) in [5, 5.41) is 22.0. The summed E-state index contributed by atoms with van der Waals surface area (Å²) < 4.78 is 0. The van der Waals surface area contributed by atoms with Crippen LogP contribution in [-0.2, 0) is 11.2 Å². The largest absolute Gasteiger partial charge is 0.389 e. The van der Waals surface area contributed by atoms with E-state index in [-0.39, 0.29) is 12.5 Å². The summed E-state index contributed by atoms with van der Waals surface area (Å²) in [5.74, 6) is -0.141. The number of unbranched alkanes of at least 4 members (excludes halogenated alkanes) is 2. The van der Waals surface area contributed by atoms with Gasteiger partial charge < -0.3 is 5.11 Å². The summed E-state index contributed by atoms with van der Waals surface area (Å²) in [6, 6.07) is 0. The van der Waals surface area contributed by atoms with Gasteiger partial charge in [0.05, 0.1) is 12.1 Å². The van der Waals surface area contributed by atoms with Gasteiger partial charge in [-0.05, 0) is 27.3 Å². The van der Waals surface area contributed by atoms with Crippen LogP contribution in [-0.4, -0.2) is 51.8 Å². The van der Waals surface area contributed by atoms with Gasteiger partial charge in [-0.1, -0.05) is 31.1 Å². The molecule has 120 valence electrons. The van der Waals surface area contributed by atoms with Crippen molar-refractivity contribution in [2.24, 2.45) is 0 Å². The number of anilines is 1. The first kappa shape index (κ1) is 18.0. The van der Waals surface area contributed by atoms with Gasteiger partial charge in [-0.15, -0.1) is 10.2 Å². The second-order valence-corrected chi connectivity index (χ2v) is 7.05. The lowest BCUT2D eigenvalue weighted by Crippen LogP contribution is -2.40. The standard InChI is InChI=1S/C14H26N4O2S/c1-5-6-7-8-12-16-17-13(21-12)15-11(19)9-18(4)10-14(2,3)20/h20H,5-10H2,1-4H3,(H,15,17,19). The van der Waals surface area contributed by atoms with E-state index < -0.39 is 5.60 Å².